The van der Waals surface area contributed by atoms with E-state index in [9.17, 15) is 9.90 Å². The molecule has 0 bridgehead atoms. The zero-order chi connectivity index (χ0) is 19.5. The van der Waals surface area contributed by atoms with E-state index in [0.717, 1.165) is 24.9 Å². The number of aliphatic hydroxyl groups excluding tert-OH is 1. The fraction of sp³-hybridized carbons (Fsp3) is 0.435. The molecule has 0 spiro atoms. The molecule has 0 aromatic heterocycles. The van der Waals surface area contributed by atoms with Gasteiger partial charge in [0.15, 0.2) is 5.78 Å². The second-order valence-electron chi connectivity index (χ2n) is 6.95. The standard InChI is InChI=1S/C23H31NO3/c1-3-4-14-24-16-21(25)17-27-22(15-19-12-10-18(2)11-13-19)23(26)20-8-6-5-7-9-20/h5-13,21-22,24-25H,3-4,14-17H2,1-2H3. The molecule has 0 heterocycles. The Balaban J connectivity index is 1.98. The first-order valence-electron chi connectivity index (χ1n) is 9.75. The van der Waals surface area contributed by atoms with Crippen molar-refractivity contribution >= 4 is 5.78 Å². The summed E-state index contributed by atoms with van der Waals surface area (Å²) in [6.07, 6.45) is 1.44. The van der Waals surface area contributed by atoms with Crippen molar-refractivity contribution in [1.82, 2.24) is 5.32 Å². The number of unbranched alkanes of at least 4 members (excludes halogenated alkanes) is 1. The molecule has 0 fully saturated rings. The summed E-state index contributed by atoms with van der Waals surface area (Å²) in [7, 11) is 0. The van der Waals surface area contributed by atoms with Crippen LogP contribution in [0.15, 0.2) is 54.6 Å². The molecule has 2 rings (SSSR count). The minimum absolute atomic E-state index is 0.0534. The molecule has 2 aromatic carbocycles. The van der Waals surface area contributed by atoms with Gasteiger partial charge in [-0.05, 0) is 25.5 Å². The second-order valence-corrected chi connectivity index (χ2v) is 6.95. The monoisotopic (exact) mass is 369 g/mol. The van der Waals surface area contributed by atoms with E-state index in [1.54, 1.807) is 12.1 Å². The molecule has 0 radical (unpaired) electrons. The van der Waals surface area contributed by atoms with E-state index in [-0.39, 0.29) is 12.4 Å². The van der Waals surface area contributed by atoms with Crippen LogP contribution in [0.4, 0.5) is 0 Å². The molecular formula is C23H31NO3. The van der Waals surface area contributed by atoms with Crippen LogP contribution in [-0.2, 0) is 11.2 Å². The Labute approximate surface area is 162 Å². The van der Waals surface area contributed by atoms with E-state index in [1.165, 1.54) is 5.56 Å². The number of aliphatic hydroxyl groups is 1. The maximum absolute atomic E-state index is 12.9. The molecule has 2 aromatic rings. The normalized spacial score (nSPS) is 13.3. The highest BCUT2D eigenvalue weighted by Crippen LogP contribution is 2.14. The number of hydrogen-bond donors (Lipinski definition) is 2. The Bertz CT molecular complexity index is 670. The van der Waals surface area contributed by atoms with Crippen LogP contribution in [0.25, 0.3) is 0 Å². The highest BCUT2D eigenvalue weighted by molar-refractivity contribution is 5.99. The first-order chi connectivity index (χ1) is 13.1. The number of carbonyl (C=O) groups excluding carboxylic acids is 1. The van der Waals surface area contributed by atoms with Gasteiger partial charge in [-0.25, -0.2) is 0 Å². The molecule has 0 aliphatic heterocycles. The second kappa shape index (κ2) is 11.7. The van der Waals surface area contributed by atoms with Crippen LogP contribution in [0.3, 0.4) is 0 Å². The number of carbonyl (C=O) groups is 1. The van der Waals surface area contributed by atoms with Crippen LogP contribution >= 0.6 is 0 Å². The number of aryl methyl sites for hydroxylation is 1. The minimum atomic E-state index is -0.633. The van der Waals surface area contributed by atoms with Gasteiger partial charge in [-0.1, -0.05) is 73.5 Å². The van der Waals surface area contributed by atoms with E-state index in [1.807, 2.05) is 49.4 Å². The lowest BCUT2D eigenvalue weighted by Gasteiger charge is -2.20. The zero-order valence-electron chi connectivity index (χ0n) is 16.4. The summed E-state index contributed by atoms with van der Waals surface area (Å²) in [4.78, 5) is 12.9. The minimum Gasteiger partial charge on any atom is -0.389 e. The van der Waals surface area contributed by atoms with Crippen LogP contribution in [0, 0.1) is 6.92 Å². The molecule has 2 unspecified atom stereocenters. The number of ketones is 1. The van der Waals surface area contributed by atoms with Crippen molar-refractivity contribution in [2.45, 2.75) is 45.3 Å². The number of benzene rings is 2. The molecule has 4 heteroatoms. The van der Waals surface area contributed by atoms with Gasteiger partial charge in [-0.3, -0.25) is 4.79 Å². The molecule has 27 heavy (non-hydrogen) atoms. The summed E-state index contributed by atoms with van der Waals surface area (Å²) in [5.74, 6) is -0.0534. The van der Waals surface area contributed by atoms with Crippen LogP contribution in [-0.4, -0.2) is 42.8 Å². The molecular weight excluding hydrogens is 338 g/mol. The molecule has 0 saturated carbocycles. The number of ether oxygens (including phenoxy) is 1. The van der Waals surface area contributed by atoms with E-state index < -0.39 is 12.2 Å². The predicted octanol–water partition coefficient (Wildman–Crippen LogP) is 3.56. The summed E-state index contributed by atoms with van der Waals surface area (Å²) >= 11 is 0. The van der Waals surface area contributed by atoms with E-state index >= 15 is 0 Å². The maximum Gasteiger partial charge on any atom is 0.191 e. The summed E-state index contributed by atoms with van der Waals surface area (Å²) in [5.41, 5.74) is 2.86. The average Bonchev–Trinajstić information content (AvgIpc) is 2.70. The van der Waals surface area contributed by atoms with Gasteiger partial charge in [0, 0.05) is 18.5 Å². The molecule has 0 aliphatic rings. The number of Topliss-reactive ketones (excluding diaryl/α,β-unsaturated/α-hetero) is 1. The van der Waals surface area contributed by atoms with Crippen LogP contribution in [0.1, 0.15) is 41.3 Å². The SMILES string of the molecule is CCCCNCC(O)COC(Cc1ccc(C)cc1)C(=O)c1ccccc1. The van der Waals surface area contributed by atoms with Gasteiger partial charge in [0.05, 0.1) is 12.7 Å². The van der Waals surface area contributed by atoms with Crippen molar-refractivity contribution in [2.75, 3.05) is 19.7 Å². The summed E-state index contributed by atoms with van der Waals surface area (Å²) < 4.78 is 5.87. The van der Waals surface area contributed by atoms with E-state index in [0.29, 0.717) is 18.5 Å². The molecule has 146 valence electrons. The maximum atomic E-state index is 12.9. The summed E-state index contributed by atoms with van der Waals surface area (Å²) in [6.45, 7) is 5.65. The van der Waals surface area contributed by atoms with Crippen molar-refractivity contribution in [3.8, 4) is 0 Å². The van der Waals surface area contributed by atoms with Crippen LogP contribution in [0.5, 0.6) is 0 Å². The number of hydrogen-bond acceptors (Lipinski definition) is 4. The quantitative estimate of drug-likeness (QED) is 0.444. The smallest absolute Gasteiger partial charge is 0.191 e. The van der Waals surface area contributed by atoms with Crippen LogP contribution < -0.4 is 5.32 Å². The molecule has 4 nitrogen and oxygen atoms in total. The molecule has 2 N–H and O–H groups in total. The third kappa shape index (κ3) is 7.63. The van der Waals surface area contributed by atoms with E-state index in [4.69, 9.17) is 4.74 Å². The van der Waals surface area contributed by atoms with Gasteiger partial charge in [-0.15, -0.1) is 0 Å². The number of nitrogens with one attached hydrogen (secondary N) is 1. The third-order valence-electron chi connectivity index (χ3n) is 4.47. The molecule has 0 saturated heterocycles. The van der Waals surface area contributed by atoms with Gasteiger partial charge >= 0.3 is 0 Å². The lowest BCUT2D eigenvalue weighted by atomic mass is 9.99. The van der Waals surface area contributed by atoms with E-state index in [2.05, 4.69) is 12.2 Å². The predicted molar refractivity (Wildman–Crippen MR) is 109 cm³/mol. The van der Waals surface area contributed by atoms with Gasteiger partial charge in [0.1, 0.15) is 6.10 Å². The Morgan fingerprint density at radius 3 is 2.48 bits per heavy atom. The molecule has 2 atom stereocenters. The molecule has 0 amide bonds. The van der Waals surface area contributed by atoms with Gasteiger partial charge in [-0.2, -0.15) is 0 Å². The fourth-order valence-electron chi connectivity index (χ4n) is 2.81. The van der Waals surface area contributed by atoms with Crippen molar-refractivity contribution in [2.24, 2.45) is 0 Å². The first kappa shape index (κ1) is 21.3. The Morgan fingerprint density at radius 2 is 1.81 bits per heavy atom. The van der Waals surface area contributed by atoms with Gasteiger partial charge in [0.2, 0.25) is 0 Å². The zero-order valence-corrected chi connectivity index (χ0v) is 16.4. The van der Waals surface area contributed by atoms with Gasteiger partial charge in [0.25, 0.3) is 0 Å². The number of rotatable bonds is 12. The summed E-state index contributed by atoms with van der Waals surface area (Å²) in [5, 5.41) is 13.4. The topological polar surface area (TPSA) is 58.6 Å². The Hall–Kier alpha value is -2.01. The lowest BCUT2D eigenvalue weighted by molar-refractivity contribution is -0.00165. The highest BCUT2D eigenvalue weighted by Gasteiger charge is 2.22. The Kier molecular flexibility index (Phi) is 9.19. The third-order valence-corrected chi connectivity index (χ3v) is 4.47. The highest BCUT2D eigenvalue weighted by atomic mass is 16.5. The largest absolute Gasteiger partial charge is 0.389 e. The summed E-state index contributed by atoms with van der Waals surface area (Å²) in [6, 6.07) is 17.3. The average molecular weight is 370 g/mol. The van der Waals surface area contributed by atoms with Crippen molar-refractivity contribution in [1.29, 1.82) is 0 Å². The van der Waals surface area contributed by atoms with Crippen LogP contribution in [0.2, 0.25) is 0 Å². The van der Waals surface area contributed by atoms with Crippen molar-refractivity contribution in [3.63, 3.8) is 0 Å². The first-order valence-corrected chi connectivity index (χ1v) is 9.75. The lowest BCUT2D eigenvalue weighted by Crippen LogP contribution is -2.35. The Morgan fingerprint density at radius 1 is 1.11 bits per heavy atom. The van der Waals surface area contributed by atoms with Crippen molar-refractivity contribution in [3.05, 3.63) is 71.3 Å². The van der Waals surface area contributed by atoms with Gasteiger partial charge < -0.3 is 15.2 Å². The van der Waals surface area contributed by atoms with Crippen molar-refractivity contribution < 1.29 is 14.6 Å². The fourth-order valence-corrected chi connectivity index (χ4v) is 2.81. The molecule has 0 aliphatic carbocycles.